The van der Waals surface area contributed by atoms with Gasteiger partial charge in [0.1, 0.15) is 6.29 Å². The molecule has 0 bridgehead atoms. The molecular weight excluding hydrogens is 252 g/mol. The standard InChI is InChI=1S/C13H17BrO/c1-9-6-5-7-12(10(9)2)11(3)13(4,14)8-15/h5-8,11H,1-4H3. The molecule has 2 unspecified atom stereocenters. The molecular formula is C13H17BrO. The molecule has 1 aromatic rings. The van der Waals surface area contributed by atoms with Crippen LogP contribution in [0.5, 0.6) is 0 Å². The SMILES string of the molecule is Cc1cccc(C(C)C(C)(Br)C=O)c1C. The molecule has 1 aromatic carbocycles. The lowest BCUT2D eigenvalue weighted by Crippen LogP contribution is -2.26. The molecule has 0 heterocycles. The van der Waals surface area contributed by atoms with Crippen molar-refractivity contribution in [2.45, 2.75) is 37.9 Å². The molecule has 0 fully saturated rings. The zero-order valence-corrected chi connectivity index (χ0v) is 11.3. The fourth-order valence-electron chi connectivity index (χ4n) is 1.65. The fraction of sp³-hybridized carbons (Fsp3) is 0.462. The summed E-state index contributed by atoms with van der Waals surface area (Å²) in [7, 11) is 0. The largest absolute Gasteiger partial charge is 0.302 e. The van der Waals surface area contributed by atoms with Gasteiger partial charge in [0.15, 0.2) is 0 Å². The van der Waals surface area contributed by atoms with E-state index in [-0.39, 0.29) is 5.92 Å². The second kappa shape index (κ2) is 4.48. The number of carbonyl (C=O) groups is 1. The van der Waals surface area contributed by atoms with E-state index in [1.54, 1.807) is 0 Å². The maximum Gasteiger partial charge on any atom is 0.137 e. The van der Waals surface area contributed by atoms with Crippen LogP contribution in [0.2, 0.25) is 0 Å². The Kier molecular flexibility index (Phi) is 3.72. The highest BCUT2D eigenvalue weighted by molar-refractivity contribution is 9.10. The van der Waals surface area contributed by atoms with Crippen LogP contribution in [0.3, 0.4) is 0 Å². The molecule has 0 aromatic heterocycles. The van der Waals surface area contributed by atoms with E-state index < -0.39 is 4.32 Å². The lowest BCUT2D eigenvalue weighted by molar-refractivity contribution is -0.109. The summed E-state index contributed by atoms with van der Waals surface area (Å²) in [4.78, 5) is 11.0. The minimum Gasteiger partial charge on any atom is -0.302 e. The topological polar surface area (TPSA) is 17.1 Å². The van der Waals surface area contributed by atoms with Gasteiger partial charge in [-0.2, -0.15) is 0 Å². The van der Waals surface area contributed by atoms with E-state index in [0.717, 1.165) is 6.29 Å². The maximum atomic E-state index is 11.0. The number of hydrogen-bond donors (Lipinski definition) is 0. The fourth-order valence-corrected chi connectivity index (χ4v) is 1.90. The van der Waals surface area contributed by atoms with Crippen LogP contribution in [-0.4, -0.2) is 10.6 Å². The quantitative estimate of drug-likeness (QED) is 0.603. The van der Waals surface area contributed by atoms with E-state index in [1.165, 1.54) is 16.7 Å². The molecule has 0 N–H and O–H groups in total. The molecule has 0 aliphatic rings. The van der Waals surface area contributed by atoms with Gasteiger partial charge >= 0.3 is 0 Å². The van der Waals surface area contributed by atoms with Crippen LogP contribution < -0.4 is 0 Å². The van der Waals surface area contributed by atoms with Gasteiger partial charge in [0, 0.05) is 5.92 Å². The van der Waals surface area contributed by atoms with Gasteiger partial charge < -0.3 is 4.79 Å². The number of halogens is 1. The Morgan fingerprint density at radius 2 is 2.00 bits per heavy atom. The lowest BCUT2D eigenvalue weighted by atomic mass is 9.86. The maximum absolute atomic E-state index is 11.0. The Morgan fingerprint density at radius 3 is 2.53 bits per heavy atom. The molecule has 15 heavy (non-hydrogen) atoms. The summed E-state index contributed by atoms with van der Waals surface area (Å²) in [5.41, 5.74) is 3.78. The van der Waals surface area contributed by atoms with E-state index in [0.29, 0.717) is 0 Å². The van der Waals surface area contributed by atoms with Crippen LogP contribution in [0.25, 0.3) is 0 Å². The molecule has 0 saturated carbocycles. The highest BCUT2D eigenvalue weighted by Gasteiger charge is 2.29. The van der Waals surface area contributed by atoms with Gasteiger partial charge in [-0.3, -0.25) is 0 Å². The van der Waals surface area contributed by atoms with Gasteiger partial charge in [-0.1, -0.05) is 41.1 Å². The summed E-state index contributed by atoms with van der Waals surface area (Å²) < 4.78 is -0.481. The normalized spacial score (nSPS) is 16.9. The Bertz CT molecular complexity index is 369. The Hall–Kier alpha value is -0.630. The van der Waals surface area contributed by atoms with Crippen molar-refractivity contribution in [3.8, 4) is 0 Å². The van der Waals surface area contributed by atoms with Gasteiger partial charge in [0.2, 0.25) is 0 Å². The summed E-state index contributed by atoms with van der Waals surface area (Å²) in [6, 6.07) is 6.23. The first-order chi connectivity index (χ1) is 6.90. The number of aryl methyl sites for hydroxylation is 1. The third kappa shape index (κ3) is 2.49. The number of carbonyl (C=O) groups excluding carboxylic acids is 1. The first kappa shape index (κ1) is 12.4. The Morgan fingerprint density at radius 1 is 1.40 bits per heavy atom. The third-order valence-corrected chi connectivity index (χ3v) is 4.06. The van der Waals surface area contributed by atoms with Crippen molar-refractivity contribution < 1.29 is 4.79 Å². The Labute approximate surface area is 100 Å². The number of alkyl halides is 1. The van der Waals surface area contributed by atoms with Gasteiger partial charge in [0.25, 0.3) is 0 Å². The van der Waals surface area contributed by atoms with Crippen molar-refractivity contribution in [1.82, 2.24) is 0 Å². The molecule has 0 amide bonds. The second-order valence-corrected chi connectivity index (χ2v) is 5.99. The molecule has 1 rings (SSSR count). The molecule has 0 aliphatic carbocycles. The highest BCUT2D eigenvalue weighted by atomic mass is 79.9. The van der Waals surface area contributed by atoms with Crippen LogP contribution in [-0.2, 0) is 4.79 Å². The van der Waals surface area contributed by atoms with Crippen LogP contribution in [0.15, 0.2) is 18.2 Å². The highest BCUT2D eigenvalue weighted by Crippen LogP contribution is 2.35. The van der Waals surface area contributed by atoms with Crippen LogP contribution in [0, 0.1) is 13.8 Å². The summed E-state index contributed by atoms with van der Waals surface area (Å²) in [5, 5.41) is 0. The number of rotatable bonds is 3. The van der Waals surface area contributed by atoms with Crippen LogP contribution in [0.4, 0.5) is 0 Å². The molecule has 0 radical (unpaired) electrons. The molecule has 0 spiro atoms. The molecule has 2 atom stereocenters. The zero-order valence-electron chi connectivity index (χ0n) is 9.67. The van der Waals surface area contributed by atoms with Crippen molar-refractivity contribution in [3.63, 3.8) is 0 Å². The zero-order chi connectivity index (χ0) is 11.6. The Balaban J connectivity index is 3.17. The average Bonchev–Trinajstić information content (AvgIpc) is 2.21. The third-order valence-electron chi connectivity index (χ3n) is 3.19. The predicted molar refractivity (Wildman–Crippen MR) is 67.7 cm³/mol. The van der Waals surface area contributed by atoms with Crippen LogP contribution >= 0.6 is 15.9 Å². The first-order valence-corrected chi connectivity index (χ1v) is 5.91. The van der Waals surface area contributed by atoms with Crippen molar-refractivity contribution in [3.05, 3.63) is 34.9 Å². The monoisotopic (exact) mass is 268 g/mol. The van der Waals surface area contributed by atoms with Crippen molar-refractivity contribution in [2.24, 2.45) is 0 Å². The van der Waals surface area contributed by atoms with E-state index in [1.807, 2.05) is 13.0 Å². The van der Waals surface area contributed by atoms with Gasteiger partial charge in [-0.15, -0.1) is 0 Å². The minimum absolute atomic E-state index is 0.176. The first-order valence-electron chi connectivity index (χ1n) is 5.11. The summed E-state index contributed by atoms with van der Waals surface area (Å²) in [6.45, 7) is 8.18. The number of hydrogen-bond acceptors (Lipinski definition) is 1. The van der Waals surface area contributed by atoms with Gasteiger partial charge in [0.05, 0.1) is 4.32 Å². The predicted octanol–water partition coefficient (Wildman–Crippen LogP) is 3.76. The van der Waals surface area contributed by atoms with Gasteiger partial charge in [-0.05, 0) is 37.5 Å². The summed E-state index contributed by atoms with van der Waals surface area (Å²) in [5.74, 6) is 0.176. The van der Waals surface area contributed by atoms with Crippen molar-refractivity contribution in [2.75, 3.05) is 0 Å². The smallest absolute Gasteiger partial charge is 0.137 e. The summed E-state index contributed by atoms with van der Waals surface area (Å²) >= 11 is 3.47. The molecule has 82 valence electrons. The minimum atomic E-state index is -0.481. The van der Waals surface area contributed by atoms with E-state index >= 15 is 0 Å². The summed E-state index contributed by atoms with van der Waals surface area (Å²) in [6.07, 6.45) is 0.972. The molecule has 1 nitrogen and oxygen atoms in total. The average molecular weight is 269 g/mol. The molecule has 0 saturated heterocycles. The van der Waals surface area contributed by atoms with E-state index in [2.05, 4.69) is 48.8 Å². The van der Waals surface area contributed by atoms with Crippen molar-refractivity contribution >= 4 is 22.2 Å². The second-order valence-electron chi connectivity index (χ2n) is 4.28. The number of aldehydes is 1. The lowest BCUT2D eigenvalue weighted by Gasteiger charge is -2.26. The van der Waals surface area contributed by atoms with E-state index in [4.69, 9.17) is 0 Å². The molecule has 0 aliphatic heterocycles. The van der Waals surface area contributed by atoms with Crippen LogP contribution in [0.1, 0.15) is 36.5 Å². The van der Waals surface area contributed by atoms with Crippen molar-refractivity contribution in [1.29, 1.82) is 0 Å². The number of benzene rings is 1. The molecule has 2 heteroatoms. The van der Waals surface area contributed by atoms with E-state index in [9.17, 15) is 4.79 Å². The van der Waals surface area contributed by atoms with Gasteiger partial charge in [-0.25, -0.2) is 0 Å².